The van der Waals surface area contributed by atoms with E-state index in [2.05, 4.69) is 32.9 Å². The highest BCUT2D eigenvalue weighted by molar-refractivity contribution is 14.1. The first-order valence-corrected chi connectivity index (χ1v) is 5.85. The first-order chi connectivity index (χ1) is 7.24. The van der Waals surface area contributed by atoms with Gasteiger partial charge in [-0.15, -0.1) is 0 Å². The molecule has 15 heavy (non-hydrogen) atoms. The van der Waals surface area contributed by atoms with E-state index < -0.39 is 0 Å². The van der Waals surface area contributed by atoms with Crippen molar-refractivity contribution in [1.29, 1.82) is 0 Å². The third-order valence-electron chi connectivity index (χ3n) is 2.34. The molecule has 0 spiro atoms. The van der Waals surface area contributed by atoms with Gasteiger partial charge in [0.2, 0.25) is 0 Å². The molecule has 5 heteroatoms. The molecule has 0 amide bonds. The molecule has 2 aliphatic heterocycles. The first-order valence-electron chi connectivity index (χ1n) is 4.77. The van der Waals surface area contributed by atoms with Crippen molar-refractivity contribution < 1.29 is 9.53 Å². The predicted molar refractivity (Wildman–Crippen MR) is 65.7 cm³/mol. The first kappa shape index (κ1) is 10.7. The van der Waals surface area contributed by atoms with Crippen LogP contribution in [0.2, 0.25) is 0 Å². The molecule has 0 saturated heterocycles. The summed E-state index contributed by atoms with van der Waals surface area (Å²) in [6, 6.07) is 0.0984. The van der Waals surface area contributed by atoms with Crippen LogP contribution in [0.4, 0.5) is 0 Å². The number of hydrogen-bond donors (Lipinski definition) is 1. The summed E-state index contributed by atoms with van der Waals surface area (Å²) >= 11 is 2.19. The summed E-state index contributed by atoms with van der Waals surface area (Å²) in [5.41, 5.74) is 0.574. The summed E-state index contributed by atoms with van der Waals surface area (Å²) in [6.07, 6.45) is 5.57. The molecule has 0 radical (unpaired) electrons. The molecule has 0 saturated carbocycles. The van der Waals surface area contributed by atoms with Crippen molar-refractivity contribution in [3.8, 4) is 0 Å². The summed E-state index contributed by atoms with van der Waals surface area (Å²) in [5.74, 6) is -0.0550. The minimum absolute atomic E-state index is 0.0984. The van der Waals surface area contributed by atoms with Gasteiger partial charge in [-0.2, -0.15) is 0 Å². The molecule has 2 unspecified atom stereocenters. The van der Waals surface area contributed by atoms with E-state index in [4.69, 9.17) is 4.74 Å². The zero-order chi connectivity index (χ0) is 10.8. The van der Waals surface area contributed by atoms with Crippen molar-refractivity contribution in [2.24, 2.45) is 10.9 Å². The lowest BCUT2D eigenvalue weighted by molar-refractivity contribution is -0.138. The van der Waals surface area contributed by atoms with Crippen LogP contribution in [0.15, 0.2) is 26.5 Å². The lowest BCUT2D eigenvalue weighted by Crippen LogP contribution is -2.32. The average Bonchev–Trinajstić information content (AvgIpc) is 2.57. The molecule has 0 fully saturated rings. The number of hydrogen-bond acceptors (Lipinski definition) is 4. The van der Waals surface area contributed by atoms with Gasteiger partial charge < -0.3 is 10.1 Å². The van der Waals surface area contributed by atoms with Crippen LogP contribution in [0.1, 0.15) is 6.92 Å². The Morgan fingerprint density at radius 1 is 1.73 bits per heavy atom. The van der Waals surface area contributed by atoms with Crippen molar-refractivity contribution in [1.82, 2.24) is 5.32 Å². The topological polar surface area (TPSA) is 50.7 Å². The Bertz CT molecular complexity index is 374. The summed E-state index contributed by atoms with van der Waals surface area (Å²) in [7, 11) is 0. The molecule has 80 valence electrons. The zero-order valence-corrected chi connectivity index (χ0v) is 10.4. The number of fused-ring (bicyclic) bond motifs is 1. The predicted octanol–water partition coefficient (Wildman–Crippen LogP) is 1.38. The number of carbonyl (C=O) groups is 1. The fourth-order valence-corrected chi connectivity index (χ4v) is 2.60. The molecule has 0 bridgehead atoms. The summed E-state index contributed by atoms with van der Waals surface area (Å²) in [6.45, 7) is 2.20. The van der Waals surface area contributed by atoms with E-state index in [0.717, 1.165) is 3.58 Å². The molecule has 2 atom stereocenters. The monoisotopic (exact) mass is 318 g/mol. The van der Waals surface area contributed by atoms with Crippen LogP contribution in [0, 0.1) is 5.92 Å². The van der Waals surface area contributed by atoms with Crippen LogP contribution in [0.5, 0.6) is 0 Å². The van der Waals surface area contributed by atoms with E-state index in [1.165, 1.54) is 0 Å². The normalized spacial score (nSPS) is 27.6. The molecule has 2 heterocycles. The summed E-state index contributed by atoms with van der Waals surface area (Å²) < 4.78 is 5.97. The van der Waals surface area contributed by atoms with Crippen LogP contribution >= 0.6 is 22.6 Å². The van der Waals surface area contributed by atoms with Crippen molar-refractivity contribution in [2.75, 3.05) is 6.61 Å². The Morgan fingerprint density at radius 3 is 3.20 bits per heavy atom. The minimum atomic E-state index is -0.280. The maximum Gasteiger partial charge on any atom is 0.355 e. The van der Waals surface area contributed by atoms with Crippen molar-refractivity contribution in [3.63, 3.8) is 0 Å². The Hall–Kier alpha value is -0.850. The van der Waals surface area contributed by atoms with E-state index in [1.807, 2.05) is 12.3 Å². The van der Waals surface area contributed by atoms with Crippen LogP contribution in [-0.4, -0.2) is 24.8 Å². The summed E-state index contributed by atoms with van der Waals surface area (Å²) in [4.78, 5) is 15.6. The molecule has 4 nitrogen and oxygen atoms in total. The quantitative estimate of drug-likeness (QED) is 0.618. The molecule has 0 aromatic carbocycles. The van der Waals surface area contributed by atoms with Crippen LogP contribution in [0.25, 0.3) is 0 Å². The minimum Gasteiger partial charge on any atom is -0.461 e. The van der Waals surface area contributed by atoms with E-state index in [9.17, 15) is 4.79 Å². The number of carbonyl (C=O) groups excluding carboxylic acids is 1. The molecule has 0 aliphatic carbocycles. The zero-order valence-electron chi connectivity index (χ0n) is 8.24. The van der Waals surface area contributed by atoms with Gasteiger partial charge in [-0.25, -0.2) is 4.79 Å². The van der Waals surface area contributed by atoms with E-state index in [-0.39, 0.29) is 17.9 Å². The standard InChI is InChI=1S/C10H11IN2O2/c1-2-15-10(14)9-8(11)6-3-4-12-5-7(6)13-9/h3-7,13H,2H2,1H3. The molecular weight excluding hydrogens is 307 g/mol. The molecule has 0 aromatic rings. The number of nitrogens with one attached hydrogen (secondary N) is 1. The molecular formula is C10H11IN2O2. The highest BCUT2D eigenvalue weighted by Crippen LogP contribution is 2.33. The number of esters is 1. The molecule has 0 aromatic heterocycles. The van der Waals surface area contributed by atoms with Gasteiger partial charge in [0.1, 0.15) is 5.70 Å². The van der Waals surface area contributed by atoms with Gasteiger partial charge >= 0.3 is 5.97 Å². The fourth-order valence-electron chi connectivity index (χ4n) is 1.63. The highest BCUT2D eigenvalue weighted by Gasteiger charge is 2.35. The smallest absolute Gasteiger partial charge is 0.355 e. The maximum absolute atomic E-state index is 11.6. The van der Waals surface area contributed by atoms with E-state index in [1.54, 1.807) is 13.1 Å². The van der Waals surface area contributed by atoms with Gasteiger partial charge in [0.05, 0.1) is 12.6 Å². The largest absolute Gasteiger partial charge is 0.461 e. The Labute approximate surface area is 102 Å². The summed E-state index contributed by atoms with van der Waals surface area (Å²) in [5, 5.41) is 3.12. The second-order valence-corrected chi connectivity index (χ2v) is 4.44. The van der Waals surface area contributed by atoms with Crippen molar-refractivity contribution in [3.05, 3.63) is 21.6 Å². The third-order valence-corrected chi connectivity index (χ3v) is 3.59. The van der Waals surface area contributed by atoms with Gasteiger partial charge in [0.15, 0.2) is 0 Å². The van der Waals surface area contributed by atoms with Crippen molar-refractivity contribution >= 4 is 34.8 Å². The van der Waals surface area contributed by atoms with Crippen molar-refractivity contribution in [2.45, 2.75) is 13.0 Å². The lowest BCUT2D eigenvalue weighted by Gasteiger charge is -2.15. The van der Waals surface area contributed by atoms with Crippen LogP contribution < -0.4 is 5.32 Å². The van der Waals surface area contributed by atoms with E-state index >= 15 is 0 Å². The average molecular weight is 318 g/mol. The van der Waals surface area contributed by atoms with E-state index in [0.29, 0.717) is 12.3 Å². The second kappa shape index (κ2) is 4.34. The fraction of sp³-hybridized carbons (Fsp3) is 0.400. The number of nitrogens with zero attached hydrogens (tertiary/aromatic N) is 1. The lowest BCUT2D eigenvalue weighted by atomic mass is 10.0. The SMILES string of the molecule is CCOC(=O)C1=C(I)C2C=CN=CC2N1. The Morgan fingerprint density at radius 2 is 2.53 bits per heavy atom. The molecule has 2 rings (SSSR count). The van der Waals surface area contributed by atoms with Gasteiger partial charge in [0, 0.05) is 21.9 Å². The maximum atomic E-state index is 11.6. The Balaban J connectivity index is 2.20. The van der Waals surface area contributed by atoms with Gasteiger partial charge in [0.25, 0.3) is 0 Å². The molecule has 2 aliphatic rings. The van der Waals surface area contributed by atoms with Gasteiger partial charge in [-0.3, -0.25) is 4.99 Å². The molecule has 1 N–H and O–H groups in total. The van der Waals surface area contributed by atoms with Gasteiger partial charge in [-0.1, -0.05) is 6.08 Å². The third kappa shape index (κ3) is 1.92. The number of rotatable bonds is 2. The van der Waals surface area contributed by atoms with Crippen LogP contribution in [0.3, 0.4) is 0 Å². The number of ether oxygens (including phenoxy) is 1. The highest BCUT2D eigenvalue weighted by atomic mass is 127. The number of halogens is 1. The van der Waals surface area contributed by atoms with Gasteiger partial charge in [-0.05, 0) is 29.5 Å². The number of aliphatic imine (C=N–C) groups is 1. The Kier molecular flexibility index (Phi) is 3.08. The second-order valence-electron chi connectivity index (χ2n) is 3.28. The van der Waals surface area contributed by atoms with Crippen LogP contribution in [-0.2, 0) is 9.53 Å².